The van der Waals surface area contributed by atoms with Crippen LogP contribution in [0.1, 0.15) is 27.2 Å². The summed E-state index contributed by atoms with van der Waals surface area (Å²) in [5.74, 6) is -1.10. The minimum atomic E-state index is -3.81. The zero-order chi connectivity index (χ0) is 14.3. The zero-order valence-electron chi connectivity index (χ0n) is 10.2. The Morgan fingerprint density at radius 3 is 2.90 bits per heavy atom. The molecule has 3 rings (SSSR count). The lowest BCUT2D eigenvalue weighted by atomic mass is 10.1. The first kappa shape index (κ1) is 13.1. The second-order valence-electron chi connectivity index (χ2n) is 4.41. The fourth-order valence-electron chi connectivity index (χ4n) is 2.27. The summed E-state index contributed by atoms with van der Waals surface area (Å²) >= 11 is 1.20. The van der Waals surface area contributed by atoms with Crippen LogP contribution in [0.3, 0.4) is 0 Å². The van der Waals surface area contributed by atoms with Crippen molar-refractivity contribution in [1.82, 2.24) is 10.2 Å². The maximum absolute atomic E-state index is 12.1. The lowest BCUT2D eigenvalue weighted by Gasteiger charge is -2.05. The molecule has 20 heavy (non-hydrogen) atoms. The number of hydrogen-bond donors (Lipinski definition) is 3. The first-order valence-corrected chi connectivity index (χ1v) is 8.18. The predicted octanol–water partition coefficient (Wildman–Crippen LogP) is 1.46. The average molecular weight is 313 g/mol. The van der Waals surface area contributed by atoms with E-state index in [0.29, 0.717) is 6.42 Å². The van der Waals surface area contributed by atoms with Gasteiger partial charge in [-0.05, 0) is 24.8 Å². The van der Waals surface area contributed by atoms with Crippen molar-refractivity contribution in [3.63, 3.8) is 0 Å². The van der Waals surface area contributed by atoms with Crippen molar-refractivity contribution in [2.24, 2.45) is 0 Å². The first-order chi connectivity index (χ1) is 9.49. The molecule has 0 amide bonds. The molecule has 0 saturated carbocycles. The van der Waals surface area contributed by atoms with Crippen LogP contribution >= 0.6 is 11.3 Å². The fourth-order valence-corrected chi connectivity index (χ4v) is 4.76. The van der Waals surface area contributed by atoms with Crippen molar-refractivity contribution in [3.8, 4) is 0 Å². The minimum Gasteiger partial charge on any atom is -0.478 e. The van der Waals surface area contributed by atoms with E-state index in [2.05, 4.69) is 14.9 Å². The number of hydrogen-bond acceptors (Lipinski definition) is 5. The third-order valence-electron chi connectivity index (χ3n) is 3.15. The van der Waals surface area contributed by atoms with Gasteiger partial charge < -0.3 is 5.11 Å². The van der Waals surface area contributed by atoms with Crippen LogP contribution in [0.2, 0.25) is 0 Å². The van der Waals surface area contributed by atoms with Gasteiger partial charge in [-0.2, -0.15) is 5.10 Å². The molecule has 0 bridgehead atoms. The van der Waals surface area contributed by atoms with E-state index < -0.39 is 16.0 Å². The number of fused-ring (bicyclic) bond motifs is 1. The molecule has 106 valence electrons. The third kappa shape index (κ3) is 2.08. The molecule has 3 N–H and O–H groups in total. The molecule has 0 aromatic carbocycles. The number of rotatable bonds is 4. The standard InChI is InChI=1S/C11H11N3O4S2/c15-11(16)9-7-2-1-3-8(7)19-10(9)14-20(17,18)6-4-12-13-5-6/h4-5,14H,1-3H2,(H,12,13)(H,15,16). The summed E-state index contributed by atoms with van der Waals surface area (Å²) < 4.78 is 26.6. The molecule has 0 aliphatic heterocycles. The van der Waals surface area contributed by atoms with Crippen LogP contribution in [0.25, 0.3) is 0 Å². The normalized spacial score (nSPS) is 14.2. The summed E-state index contributed by atoms with van der Waals surface area (Å²) in [6.07, 6.45) is 4.80. The first-order valence-electron chi connectivity index (χ1n) is 5.88. The van der Waals surface area contributed by atoms with Gasteiger partial charge in [0.25, 0.3) is 10.0 Å². The van der Waals surface area contributed by atoms with Crippen LogP contribution in [-0.4, -0.2) is 29.7 Å². The zero-order valence-corrected chi connectivity index (χ0v) is 11.8. The number of H-pyrrole nitrogens is 1. The third-order valence-corrected chi connectivity index (χ3v) is 5.80. The van der Waals surface area contributed by atoms with Gasteiger partial charge in [-0.3, -0.25) is 9.82 Å². The Morgan fingerprint density at radius 2 is 2.25 bits per heavy atom. The van der Waals surface area contributed by atoms with E-state index in [-0.39, 0.29) is 15.5 Å². The van der Waals surface area contributed by atoms with E-state index in [0.717, 1.165) is 23.3 Å². The van der Waals surface area contributed by atoms with E-state index in [9.17, 15) is 18.3 Å². The number of aromatic nitrogens is 2. The van der Waals surface area contributed by atoms with Crippen LogP contribution in [0.5, 0.6) is 0 Å². The van der Waals surface area contributed by atoms with Gasteiger partial charge in [0.1, 0.15) is 9.90 Å². The summed E-state index contributed by atoms with van der Waals surface area (Å²) in [4.78, 5) is 12.3. The number of nitrogens with zero attached hydrogens (tertiary/aromatic N) is 1. The van der Waals surface area contributed by atoms with Crippen molar-refractivity contribution in [2.45, 2.75) is 24.2 Å². The van der Waals surface area contributed by atoms with Gasteiger partial charge in [-0.15, -0.1) is 11.3 Å². The summed E-state index contributed by atoms with van der Waals surface area (Å²) in [5.41, 5.74) is 0.835. The Morgan fingerprint density at radius 1 is 1.45 bits per heavy atom. The highest BCUT2D eigenvalue weighted by Gasteiger charge is 2.29. The van der Waals surface area contributed by atoms with Crippen LogP contribution in [0.15, 0.2) is 17.3 Å². The van der Waals surface area contributed by atoms with Crippen molar-refractivity contribution in [2.75, 3.05) is 4.72 Å². The largest absolute Gasteiger partial charge is 0.478 e. The van der Waals surface area contributed by atoms with Gasteiger partial charge in [0.05, 0.1) is 11.8 Å². The van der Waals surface area contributed by atoms with Crippen LogP contribution in [-0.2, 0) is 22.9 Å². The highest BCUT2D eigenvalue weighted by molar-refractivity contribution is 7.93. The molecule has 2 aromatic heterocycles. The van der Waals surface area contributed by atoms with Crippen LogP contribution in [0.4, 0.5) is 5.00 Å². The summed E-state index contributed by atoms with van der Waals surface area (Å²) in [7, 11) is -3.81. The molecule has 1 aliphatic carbocycles. The number of sulfonamides is 1. The van der Waals surface area contributed by atoms with E-state index in [1.54, 1.807) is 0 Å². The van der Waals surface area contributed by atoms with Crippen molar-refractivity contribution in [3.05, 3.63) is 28.4 Å². The monoisotopic (exact) mass is 313 g/mol. The average Bonchev–Trinajstić information content (AvgIpc) is 3.02. The SMILES string of the molecule is O=C(O)c1c(NS(=O)(=O)c2cn[nH]c2)sc2c1CCC2. The summed E-state index contributed by atoms with van der Waals surface area (Å²) in [6, 6.07) is 0. The molecule has 2 aromatic rings. The number of anilines is 1. The topological polar surface area (TPSA) is 112 Å². The van der Waals surface area contributed by atoms with Crippen molar-refractivity contribution < 1.29 is 18.3 Å². The molecule has 0 saturated heterocycles. The van der Waals surface area contributed by atoms with Gasteiger partial charge in [0, 0.05) is 11.1 Å². The Kier molecular flexibility index (Phi) is 3.02. The van der Waals surface area contributed by atoms with Gasteiger partial charge in [-0.1, -0.05) is 0 Å². The molecule has 9 heteroatoms. The Labute approximate surface area is 118 Å². The van der Waals surface area contributed by atoms with E-state index in [1.165, 1.54) is 23.7 Å². The number of aryl methyl sites for hydroxylation is 1. The van der Waals surface area contributed by atoms with Crippen LogP contribution in [0, 0.1) is 0 Å². The fraction of sp³-hybridized carbons (Fsp3) is 0.273. The number of carboxylic acid groups (broad SMARTS) is 1. The molecule has 7 nitrogen and oxygen atoms in total. The number of aromatic amines is 1. The van der Waals surface area contributed by atoms with Gasteiger partial charge in [0.15, 0.2) is 0 Å². The van der Waals surface area contributed by atoms with Crippen molar-refractivity contribution in [1.29, 1.82) is 0 Å². The predicted molar refractivity (Wildman–Crippen MR) is 72.7 cm³/mol. The number of nitrogens with one attached hydrogen (secondary N) is 2. The molecular weight excluding hydrogens is 302 g/mol. The molecule has 2 heterocycles. The van der Waals surface area contributed by atoms with E-state index >= 15 is 0 Å². The maximum atomic E-state index is 12.1. The smallest absolute Gasteiger partial charge is 0.339 e. The quantitative estimate of drug-likeness (QED) is 0.791. The minimum absolute atomic E-state index is 0.0256. The van der Waals surface area contributed by atoms with Crippen molar-refractivity contribution >= 4 is 32.3 Å². The molecule has 0 atom stereocenters. The molecular formula is C11H11N3O4S2. The Hall–Kier alpha value is -1.87. The van der Waals surface area contributed by atoms with Crippen LogP contribution < -0.4 is 4.72 Å². The highest BCUT2D eigenvalue weighted by Crippen LogP contribution is 2.39. The second-order valence-corrected chi connectivity index (χ2v) is 7.19. The molecule has 0 unspecified atom stereocenters. The van der Waals surface area contributed by atoms with E-state index in [4.69, 9.17) is 0 Å². The molecule has 0 radical (unpaired) electrons. The molecule has 0 fully saturated rings. The number of carboxylic acids is 1. The van der Waals surface area contributed by atoms with E-state index in [1.807, 2.05) is 0 Å². The van der Waals surface area contributed by atoms with Gasteiger partial charge in [-0.25, -0.2) is 13.2 Å². The molecule has 0 spiro atoms. The lowest BCUT2D eigenvalue weighted by molar-refractivity contribution is 0.0697. The molecule has 1 aliphatic rings. The second kappa shape index (κ2) is 4.60. The number of aromatic carboxylic acids is 1. The maximum Gasteiger partial charge on any atom is 0.339 e. The van der Waals surface area contributed by atoms with Gasteiger partial charge in [0.2, 0.25) is 0 Å². The highest BCUT2D eigenvalue weighted by atomic mass is 32.2. The summed E-state index contributed by atoms with van der Waals surface area (Å²) in [6.45, 7) is 0. The number of thiophene rings is 1. The van der Waals surface area contributed by atoms with Gasteiger partial charge >= 0.3 is 5.97 Å². The lowest BCUT2D eigenvalue weighted by Crippen LogP contribution is -2.14. The Balaban J connectivity index is 2.02. The Bertz CT molecular complexity index is 762. The summed E-state index contributed by atoms with van der Waals surface area (Å²) in [5, 5.41) is 15.5. The number of carbonyl (C=O) groups is 1.